The third kappa shape index (κ3) is 7.01. The monoisotopic (exact) mass is 454 g/mol. The average Bonchev–Trinajstić information content (AvgIpc) is 3.04. The maximum Gasteiger partial charge on any atom is 0.293 e. The van der Waals surface area contributed by atoms with Crippen molar-refractivity contribution in [3.8, 4) is 5.75 Å². The summed E-state index contributed by atoms with van der Waals surface area (Å²) in [6.45, 7) is 4.37. The van der Waals surface area contributed by atoms with Crippen LogP contribution in [0, 0.1) is 17.0 Å². The fraction of sp³-hybridized carbons (Fsp3) is 0.417. The highest BCUT2D eigenvalue weighted by atomic mass is 16.6. The first-order valence-electron chi connectivity index (χ1n) is 11.0. The molecule has 1 N–H and O–H groups in total. The number of carbonyl (C=O) groups excluding carboxylic acids is 2. The van der Waals surface area contributed by atoms with Crippen LogP contribution in [0.4, 0.5) is 11.4 Å². The summed E-state index contributed by atoms with van der Waals surface area (Å²) in [4.78, 5) is 39.8. The van der Waals surface area contributed by atoms with Crippen molar-refractivity contribution in [2.75, 3.05) is 45.2 Å². The molecule has 0 aliphatic carbocycles. The number of methoxy groups -OCH3 is 1. The molecule has 1 fully saturated rings. The van der Waals surface area contributed by atoms with Gasteiger partial charge in [-0.3, -0.25) is 24.6 Å². The van der Waals surface area contributed by atoms with E-state index in [-0.39, 0.29) is 29.7 Å². The second-order valence-corrected chi connectivity index (χ2v) is 8.18. The lowest BCUT2D eigenvalue weighted by molar-refractivity contribution is -0.384. The van der Waals surface area contributed by atoms with Gasteiger partial charge in [0.05, 0.1) is 18.6 Å². The van der Waals surface area contributed by atoms with Crippen LogP contribution in [0.5, 0.6) is 5.75 Å². The number of rotatable bonds is 8. The minimum Gasteiger partial charge on any atom is -0.497 e. The number of hydrogen-bond donors (Lipinski definition) is 1. The Morgan fingerprint density at radius 1 is 1.09 bits per heavy atom. The summed E-state index contributed by atoms with van der Waals surface area (Å²) in [5.74, 6) is 0.590. The lowest BCUT2D eigenvalue weighted by Crippen LogP contribution is -2.38. The predicted octanol–water partition coefficient (Wildman–Crippen LogP) is 3.02. The molecule has 3 rings (SSSR count). The molecule has 2 aromatic carbocycles. The van der Waals surface area contributed by atoms with Crippen LogP contribution < -0.4 is 10.1 Å². The smallest absolute Gasteiger partial charge is 0.293 e. The number of carbonyl (C=O) groups is 2. The molecule has 0 unspecified atom stereocenters. The van der Waals surface area contributed by atoms with Crippen molar-refractivity contribution in [1.82, 2.24) is 9.80 Å². The van der Waals surface area contributed by atoms with Crippen LogP contribution in [0.3, 0.4) is 0 Å². The highest BCUT2D eigenvalue weighted by molar-refractivity contribution is 5.94. The van der Waals surface area contributed by atoms with E-state index in [4.69, 9.17) is 4.74 Å². The number of amides is 2. The van der Waals surface area contributed by atoms with E-state index in [0.29, 0.717) is 39.0 Å². The molecule has 33 heavy (non-hydrogen) atoms. The lowest BCUT2D eigenvalue weighted by Gasteiger charge is -2.22. The van der Waals surface area contributed by atoms with E-state index in [1.165, 1.54) is 6.07 Å². The highest BCUT2D eigenvalue weighted by Crippen LogP contribution is 2.25. The van der Waals surface area contributed by atoms with Gasteiger partial charge in [-0.25, -0.2) is 0 Å². The first-order valence-corrected chi connectivity index (χ1v) is 11.0. The van der Waals surface area contributed by atoms with Gasteiger partial charge in [-0.1, -0.05) is 18.2 Å². The molecule has 2 aromatic rings. The van der Waals surface area contributed by atoms with Gasteiger partial charge in [0.1, 0.15) is 11.4 Å². The Kier molecular flexibility index (Phi) is 8.37. The summed E-state index contributed by atoms with van der Waals surface area (Å²) >= 11 is 0. The number of hydrogen-bond acceptors (Lipinski definition) is 6. The average molecular weight is 455 g/mol. The lowest BCUT2D eigenvalue weighted by atomic mass is 10.1. The second-order valence-electron chi connectivity index (χ2n) is 8.18. The first kappa shape index (κ1) is 24.2. The SMILES string of the molecule is COc1ccc(CCC(=O)N2CCCN(CC(=O)Nc3ccc(C)cc3[N+](=O)[O-])CC2)cc1. The molecule has 2 amide bonds. The summed E-state index contributed by atoms with van der Waals surface area (Å²) in [5.41, 5.74) is 1.92. The fourth-order valence-electron chi connectivity index (χ4n) is 3.87. The van der Waals surface area contributed by atoms with Gasteiger partial charge >= 0.3 is 0 Å². The van der Waals surface area contributed by atoms with Crippen molar-refractivity contribution in [1.29, 1.82) is 0 Å². The van der Waals surface area contributed by atoms with Crippen LogP contribution in [0.15, 0.2) is 42.5 Å². The molecular formula is C24H30N4O5. The number of ether oxygens (including phenoxy) is 1. The van der Waals surface area contributed by atoms with E-state index in [9.17, 15) is 19.7 Å². The summed E-state index contributed by atoms with van der Waals surface area (Å²) in [7, 11) is 1.62. The van der Waals surface area contributed by atoms with E-state index >= 15 is 0 Å². The van der Waals surface area contributed by atoms with E-state index in [2.05, 4.69) is 5.32 Å². The minimum absolute atomic E-state index is 0.104. The number of anilines is 1. The van der Waals surface area contributed by atoms with E-state index in [1.807, 2.05) is 34.1 Å². The van der Waals surface area contributed by atoms with Crippen LogP contribution in [-0.4, -0.2) is 66.4 Å². The molecule has 0 radical (unpaired) electrons. The van der Waals surface area contributed by atoms with Crippen LogP contribution in [0.1, 0.15) is 24.0 Å². The first-order chi connectivity index (χ1) is 15.9. The van der Waals surface area contributed by atoms with E-state index in [0.717, 1.165) is 23.3 Å². The molecule has 1 aliphatic heterocycles. The van der Waals surface area contributed by atoms with Gasteiger partial charge in [0, 0.05) is 38.7 Å². The molecule has 0 spiro atoms. The molecule has 1 heterocycles. The van der Waals surface area contributed by atoms with Gasteiger partial charge in [-0.2, -0.15) is 0 Å². The zero-order valence-electron chi connectivity index (χ0n) is 19.1. The Balaban J connectivity index is 1.48. The maximum atomic E-state index is 12.7. The fourth-order valence-corrected chi connectivity index (χ4v) is 3.87. The van der Waals surface area contributed by atoms with Crippen molar-refractivity contribution in [2.24, 2.45) is 0 Å². The number of aryl methyl sites for hydroxylation is 2. The van der Waals surface area contributed by atoms with Crippen molar-refractivity contribution in [3.05, 3.63) is 63.7 Å². The summed E-state index contributed by atoms with van der Waals surface area (Å²) < 4.78 is 5.16. The Morgan fingerprint density at radius 3 is 2.55 bits per heavy atom. The zero-order valence-corrected chi connectivity index (χ0v) is 19.1. The molecule has 0 aromatic heterocycles. The molecule has 0 atom stereocenters. The Hall–Kier alpha value is -3.46. The minimum atomic E-state index is -0.496. The molecule has 0 saturated carbocycles. The third-order valence-corrected chi connectivity index (χ3v) is 5.72. The van der Waals surface area contributed by atoms with Gasteiger partial charge < -0.3 is 15.0 Å². The van der Waals surface area contributed by atoms with E-state index < -0.39 is 4.92 Å². The highest BCUT2D eigenvalue weighted by Gasteiger charge is 2.22. The van der Waals surface area contributed by atoms with Gasteiger partial charge in [0.25, 0.3) is 5.69 Å². The van der Waals surface area contributed by atoms with E-state index in [1.54, 1.807) is 26.2 Å². The summed E-state index contributed by atoms with van der Waals surface area (Å²) in [6, 6.07) is 12.4. The van der Waals surface area contributed by atoms with Crippen LogP contribution in [-0.2, 0) is 16.0 Å². The van der Waals surface area contributed by atoms with Crippen molar-refractivity contribution in [2.45, 2.75) is 26.2 Å². The number of nitro groups is 1. The van der Waals surface area contributed by atoms with Gasteiger partial charge in [-0.15, -0.1) is 0 Å². The normalized spacial score (nSPS) is 14.4. The number of nitrogens with one attached hydrogen (secondary N) is 1. The molecule has 1 aliphatic rings. The van der Waals surface area contributed by atoms with Crippen molar-refractivity contribution < 1.29 is 19.2 Å². The maximum absolute atomic E-state index is 12.7. The molecule has 9 nitrogen and oxygen atoms in total. The standard InChI is InChI=1S/C24H30N4O5/c1-18-4-10-21(22(16-18)28(31)32)25-23(29)17-26-12-3-13-27(15-14-26)24(30)11-7-19-5-8-20(33-2)9-6-19/h4-6,8-10,16H,3,7,11-15,17H2,1-2H3,(H,25,29). The molecule has 1 saturated heterocycles. The van der Waals surface area contributed by atoms with Gasteiger partial charge in [0.2, 0.25) is 11.8 Å². The van der Waals surface area contributed by atoms with Gasteiger partial charge in [-0.05, 0) is 49.1 Å². The molecule has 9 heteroatoms. The van der Waals surface area contributed by atoms with Crippen LogP contribution in [0.25, 0.3) is 0 Å². The van der Waals surface area contributed by atoms with Gasteiger partial charge in [0.15, 0.2) is 0 Å². The zero-order chi connectivity index (χ0) is 23.8. The molecule has 176 valence electrons. The number of nitro benzene ring substituents is 1. The number of benzene rings is 2. The third-order valence-electron chi connectivity index (χ3n) is 5.72. The Labute approximate surface area is 193 Å². The second kappa shape index (κ2) is 11.4. The Morgan fingerprint density at radius 2 is 1.85 bits per heavy atom. The van der Waals surface area contributed by atoms with Crippen LogP contribution in [0.2, 0.25) is 0 Å². The largest absolute Gasteiger partial charge is 0.497 e. The Bertz CT molecular complexity index is 993. The quantitative estimate of drug-likeness (QED) is 0.486. The molecule has 0 bridgehead atoms. The van der Waals surface area contributed by atoms with Crippen molar-refractivity contribution >= 4 is 23.2 Å². The van der Waals surface area contributed by atoms with Crippen molar-refractivity contribution in [3.63, 3.8) is 0 Å². The molecular weight excluding hydrogens is 424 g/mol. The summed E-state index contributed by atoms with van der Waals surface area (Å²) in [6.07, 6.45) is 1.87. The van der Waals surface area contributed by atoms with Crippen LogP contribution >= 0.6 is 0 Å². The predicted molar refractivity (Wildman–Crippen MR) is 125 cm³/mol. The summed E-state index contributed by atoms with van der Waals surface area (Å²) in [5, 5.41) is 13.9. The topological polar surface area (TPSA) is 105 Å². The number of nitrogens with zero attached hydrogens (tertiary/aromatic N) is 3.